The molecule has 0 aliphatic carbocycles. The van der Waals surface area contributed by atoms with Gasteiger partial charge in [0, 0.05) is 18.0 Å². The van der Waals surface area contributed by atoms with Gasteiger partial charge in [-0.3, -0.25) is 19.5 Å². The lowest BCUT2D eigenvalue weighted by Crippen LogP contribution is -2.29. The fraction of sp³-hybridized carbons (Fsp3) is 0.160. The van der Waals surface area contributed by atoms with Gasteiger partial charge in [-0.1, -0.05) is 24.3 Å². The summed E-state index contributed by atoms with van der Waals surface area (Å²) in [6, 6.07) is 16.3. The number of hydrogen-bond donors (Lipinski definition) is 1. The van der Waals surface area contributed by atoms with E-state index in [9.17, 15) is 14.7 Å². The second-order valence-corrected chi connectivity index (χ2v) is 7.08. The lowest BCUT2D eigenvalue weighted by Gasteiger charge is -2.26. The van der Waals surface area contributed by atoms with Crippen LogP contribution < -0.4 is 14.4 Å². The Kier molecular flexibility index (Phi) is 5.89. The van der Waals surface area contributed by atoms with Gasteiger partial charge in [-0.25, -0.2) is 0 Å². The van der Waals surface area contributed by atoms with Gasteiger partial charge in [0.05, 0.1) is 31.0 Å². The van der Waals surface area contributed by atoms with E-state index in [2.05, 4.69) is 4.98 Å². The molecular formula is C25H22N2O5. The average molecular weight is 430 g/mol. The highest BCUT2D eigenvalue weighted by Gasteiger charge is 2.47. The van der Waals surface area contributed by atoms with E-state index in [0.717, 1.165) is 0 Å². The van der Waals surface area contributed by atoms with Crippen molar-refractivity contribution in [1.29, 1.82) is 0 Å². The van der Waals surface area contributed by atoms with Gasteiger partial charge >= 0.3 is 0 Å². The molecule has 1 aromatic heterocycles. The van der Waals surface area contributed by atoms with Crippen LogP contribution in [0.2, 0.25) is 0 Å². The summed E-state index contributed by atoms with van der Waals surface area (Å²) in [7, 11) is 1.50. The summed E-state index contributed by atoms with van der Waals surface area (Å²) in [6.45, 7) is 2.31. The quantitative estimate of drug-likeness (QED) is 0.360. The first-order valence-corrected chi connectivity index (χ1v) is 10.1. The Morgan fingerprint density at radius 1 is 1.06 bits per heavy atom. The fourth-order valence-corrected chi connectivity index (χ4v) is 3.83. The summed E-state index contributed by atoms with van der Waals surface area (Å²) in [4.78, 5) is 31.8. The minimum atomic E-state index is -0.856. The van der Waals surface area contributed by atoms with Crippen LogP contribution in [0.25, 0.3) is 5.76 Å². The van der Waals surface area contributed by atoms with Gasteiger partial charge in [-0.2, -0.15) is 0 Å². The lowest BCUT2D eigenvalue weighted by molar-refractivity contribution is -0.132. The number of ketones is 1. The molecule has 1 aliphatic rings. The molecule has 4 rings (SSSR count). The van der Waals surface area contributed by atoms with E-state index in [1.54, 1.807) is 73.1 Å². The molecule has 1 unspecified atom stereocenters. The lowest BCUT2D eigenvalue weighted by atomic mass is 9.95. The van der Waals surface area contributed by atoms with Crippen LogP contribution in [0, 0.1) is 0 Å². The SMILES string of the molecule is CCOc1cccc(/C(O)=C2/C(=O)C(=O)N(c3ccccc3OC)C2c2ccncc2)c1. The maximum atomic E-state index is 13.2. The van der Waals surface area contributed by atoms with Crippen molar-refractivity contribution in [1.82, 2.24) is 4.98 Å². The van der Waals surface area contributed by atoms with Crippen molar-refractivity contribution in [3.05, 3.63) is 89.8 Å². The number of para-hydroxylation sites is 2. The van der Waals surface area contributed by atoms with Crippen LogP contribution in [-0.4, -0.2) is 35.5 Å². The van der Waals surface area contributed by atoms with E-state index >= 15 is 0 Å². The van der Waals surface area contributed by atoms with Gasteiger partial charge in [-0.15, -0.1) is 0 Å². The van der Waals surface area contributed by atoms with Crippen LogP contribution in [-0.2, 0) is 9.59 Å². The van der Waals surface area contributed by atoms with Crippen molar-refractivity contribution in [2.24, 2.45) is 0 Å². The number of benzene rings is 2. The number of aliphatic hydroxyl groups excluding tert-OH is 1. The Hall–Kier alpha value is -4.13. The third kappa shape index (κ3) is 3.69. The van der Waals surface area contributed by atoms with E-state index < -0.39 is 17.7 Å². The molecule has 7 nitrogen and oxygen atoms in total. The molecule has 32 heavy (non-hydrogen) atoms. The second kappa shape index (κ2) is 8.93. The molecule has 0 saturated carbocycles. The monoisotopic (exact) mass is 430 g/mol. The van der Waals surface area contributed by atoms with Crippen LogP contribution in [0.3, 0.4) is 0 Å². The maximum Gasteiger partial charge on any atom is 0.300 e. The smallest absolute Gasteiger partial charge is 0.300 e. The topological polar surface area (TPSA) is 89.0 Å². The third-order valence-corrected chi connectivity index (χ3v) is 5.23. The number of pyridine rings is 1. The molecule has 162 valence electrons. The predicted molar refractivity (Wildman–Crippen MR) is 120 cm³/mol. The van der Waals surface area contributed by atoms with Crippen molar-refractivity contribution in [3.63, 3.8) is 0 Å². The van der Waals surface area contributed by atoms with Gasteiger partial charge in [0.15, 0.2) is 0 Å². The Bertz CT molecular complexity index is 1190. The number of nitrogens with zero attached hydrogens (tertiary/aromatic N) is 2. The Morgan fingerprint density at radius 3 is 2.53 bits per heavy atom. The molecule has 0 bridgehead atoms. The molecule has 0 spiro atoms. The first-order valence-electron chi connectivity index (χ1n) is 10.1. The van der Waals surface area contributed by atoms with Crippen molar-refractivity contribution in [2.45, 2.75) is 13.0 Å². The number of amides is 1. The van der Waals surface area contributed by atoms with Gasteiger partial charge in [0.25, 0.3) is 11.7 Å². The van der Waals surface area contributed by atoms with Crippen molar-refractivity contribution >= 4 is 23.1 Å². The molecule has 3 aromatic rings. The van der Waals surface area contributed by atoms with E-state index in [-0.39, 0.29) is 11.3 Å². The second-order valence-electron chi connectivity index (χ2n) is 7.08. The van der Waals surface area contributed by atoms with Crippen molar-refractivity contribution in [3.8, 4) is 11.5 Å². The number of methoxy groups -OCH3 is 1. The standard InChI is InChI=1S/C25H22N2O5/c1-3-32-18-8-6-7-17(15-18)23(28)21-22(16-11-13-26-14-12-16)27(25(30)24(21)29)19-9-4-5-10-20(19)31-2/h4-15,22,28H,3H2,1-2H3/b23-21-. The normalized spacial score (nSPS) is 17.4. The highest BCUT2D eigenvalue weighted by atomic mass is 16.5. The van der Waals surface area contributed by atoms with Gasteiger partial charge in [0.2, 0.25) is 0 Å². The molecule has 1 N–H and O–H groups in total. The number of carbonyl (C=O) groups excluding carboxylic acids is 2. The van der Waals surface area contributed by atoms with Gasteiger partial charge in [-0.05, 0) is 48.9 Å². The first-order chi connectivity index (χ1) is 15.6. The first kappa shape index (κ1) is 21.1. The van der Waals surface area contributed by atoms with E-state index in [1.165, 1.54) is 12.0 Å². The van der Waals surface area contributed by atoms with Crippen LogP contribution in [0.5, 0.6) is 11.5 Å². The summed E-state index contributed by atoms with van der Waals surface area (Å²) in [5.74, 6) is -0.817. The summed E-state index contributed by atoms with van der Waals surface area (Å²) < 4.78 is 11.0. The van der Waals surface area contributed by atoms with Crippen LogP contribution in [0.15, 0.2) is 78.6 Å². The van der Waals surface area contributed by atoms with Crippen LogP contribution in [0.4, 0.5) is 5.69 Å². The summed E-state index contributed by atoms with van der Waals surface area (Å²) in [5.41, 5.74) is 1.43. The van der Waals surface area contributed by atoms with Crippen LogP contribution in [0.1, 0.15) is 24.1 Å². The molecule has 1 fully saturated rings. The number of carbonyl (C=O) groups is 2. The molecule has 2 aromatic carbocycles. The zero-order valence-electron chi connectivity index (χ0n) is 17.7. The third-order valence-electron chi connectivity index (χ3n) is 5.23. The summed E-state index contributed by atoms with van der Waals surface area (Å²) in [5, 5.41) is 11.2. The molecule has 0 radical (unpaired) electrons. The van der Waals surface area contributed by atoms with Crippen molar-refractivity contribution < 1.29 is 24.2 Å². The highest BCUT2D eigenvalue weighted by Crippen LogP contribution is 2.44. The number of anilines is 1. The minimum absolute atomic E-state index is 0.0132. The zero-order valence-corrected chi connectivity index (χ0v) is 17.7. The fourth-order valence-electron chi connectivity index (χ4n) is 3.83. The number of rotatable bonds is 6. The Balaban J connectivity index is 1.94. The number of aromatic nitrogens is 1. The predicted octanol–water partition coefficient (Wildman–Crippen LogP) is 4.12. The Labute approximate surface area is 185 Å². The zero-order chi connectivity index (χ0) is 22.7. The van der Waals surface area contributed by atoms with Gasteiger partial charge in [0.1, 0.15) is 17.3 Å². The molecule has 2 heterocycles. The molecule has 1 atom stereocenters. The number of Topliss-reactive ketones (excluding diaryl/α,β-unsaturated/α-hetero) is 1. The molecule has 1 aliphatic heterocycles. The Morgan fingerprint density at radius 2 is 1.81 bits per heavy atom. The summed E-state index contributed by atoms with van der Waals surface area (Å²) in [6.07, 6.45) is 3.15. The number of hydrogen-bond acceptors (Lipinski definition) is 6. The molecule has 1 saturated heterocycles. The van der Waals surface area contributed by atoms with Crippen molar-refractivity contribution in [2.75, 3.05) is 18.6 Å². The van der Waals surface area contributed by atoms with Crippen LogP contribution >= 0.6 is 0 Å². The number of aliphatic hydroxyl groups is 1. The molecular weight excluding hydrogens is 408 g/mol. The average Bonchev–Trinajstić information content (AvgIpc) is 3.10. The van der Waals surface area contributed by atoms with Gasteiger partial charge < -0.3 is 14.6 Å². The maximum absolute atomic E-state index is 13.2. The number of ether oxygens (including phenoxy) is 2. The van der Waals surface area contributed by atoms with E-state index in [4.69, 9.17) is 9.47 Å². The highest BCUT2D eigenvalue weighted by molar-refractivity contribution is 6.51. The largest absolute Gasteiger partial charge is 0.507 e. The molecule has 7 heteroatoms. The summed E-state index contributed by atoms with van der Waals surface area (Å²) >= 11 is 0. The van der Waals surface area contributed by atoms with E-state index in [0.29, 0.717) is 34.9 Å². The minimum Gasteiger partial charge on any atom is -0.507 e. The molecule has 1 amide bonds. The van der Waals surface area contributed by atoms with E-state index in [1.807, 2.05) is 6.92 Å².